The Morgan fingerprint density at radius 2 is 2.12 bits per heavy atom. The fraction of sp³-hybridized carbons (Fsp3) is 0.611. The molecule has 8 nitrogen and oxygen atoms in total. The topological polar surface area (TPSA) is 104 Å². The van der Waals surface area contributed by atoms with Gasteiger partial charge < -0.3 is 15.2 Å². The molecule has 2 aromatic rings. The molecule has 1 saturated carbocycles. The van der Waals surface area contributed by atoms with Crippen molar-refractivity contribution < 1.29 is 9.59 Å². The van der Waals surface area contributed by atoms with Crippen LogP contribution < -0.4 is 5.32 Å². The minimum Gasteiger partial charge on any atom is -0.356 e. The molecular formula is C18H24N6O2. The van der Waals surface area contributed by atoms with Crippen LogP contribution in [0.4, 0.5) is 0 Å². The maximum atomic E-state index is 12.9. The highest BCUT2D eigenvalue weighted by molar-refractivity contribution is 6.01. The van der Waals surface area contributed by atoms with Crippen LogP contribution in [-0.4, -0.2) is 56.3 Å². The number of piperidine rings is 1. The predicted octanol–water partition coefficient (Wildman–Crippen LogP) is 1.37. The number of hydrogen-bond acceptors (Lipinski definition) is 5. The molecule has 0 radical (unpaired) electrons. The summed E-state index contributed by atoms with van der Waals surface area (Å²) < 4.78 is 0. The molecule has 2 unspecified atom stereocenters. The lowest BCUT2D eigenvalue weighted by Gasteiger charge is -2.36. The maximum Gasteiger partial charge on any atom is 0.274 e. The first-order valence-corrected chi connectivity index (χ1v) is 9.32. The number of H-pyrrole nitrogens is 1. The second kappa shape index (κ2) is 7.01. The van der Waals surface area contributed by atoms with E-state index >= 15 is 0 Å². The van der Waals surface area contributed by atoms with E-state index in [1.165, 1.54) is 25.5 Å². The van der Waals surface area contributed by atoms with E-state index in [0.717, 1.165) is 6.42 Å². The summed E-state index contributed by atoms with van der Waals surface area (Å²) in [6, 6.07) is 0. The third kappa shape index (κ3) is 3.54. The van der Waals surface area contributed by atoms with Crippen molar-refractivity contribution in [1.82, 2.24) is 30.2 Å². The van der Waals surface area contributed by atoms with Crippen molar-refractivity contribution in [3.05, 3.63) is 18.3 Å². The predicted molar refractivity (Wildman–Crippen MR) is 95.2 cm³/mol. The Bertz CT molecular complexity index is 815. The van der Waals surface area contributed by atoms with Crippen LogP contribution in [0.25, 0.3) is 11.2 Å². The van der Waals surface area contributed by atoms with Crippen LogP contribution in [0.3, 0.4) is 0 Å². The number of amides is 2. The third-order valence-electron chi connectivity index (χ3n) is 5.53. The van der Waals surface area contributed by atoms with Gasteiger partial charge in [0.25, 0.3) is 5.91 Å². The standard InChI is InChI=1S/C18H24N6O2/c1-11-8-24(5-4-13(11)7-19-14(25)6-12-2-3-12)18(26)16-15-17(22-9-20-15)23-10-21-16/h9-13H,2-8H2,1H3,(H,19,25)(H,20,21,22,23). The average Bonchev–Trinajstić information content (AvgIpc) is 3.31. The number of rotatable bonds is 5. The van der Waals surface area contributed by atoms with Crippen LogP contribution in [-0.2, 0) is 4.79 Å². The summed E-state index contributed by atoms with van der Waals surface area (Å²) in [4.78, 5) is 41.9. The van der Waals surface area contributed by atoms with E-state index < -0.39 is 0 Å². The van der Waals surface area contributed by atoms with Gasteiger partial charge in [0, 0.05) is 26.1 Å². The van der Waals surface area contributed by atoms with Crippen LogP contribution in [0.1, 0.15) is 43.1 Å². The Kier molecular flexibility index (Phi) is 4.57. The number of aromatic amines is 1. The molecule has 26 heavy (non-hydrogen) atoms. The lowest BCUT2D eigenvalue weighted by Crippen LogP contribution is -2.46. The highest BCUT2D eigenvalue weighted by atomic mass is 16.2. The number of hydrogen-bond donors (Lipinski definition) is 2. The second-order valence-electron chi connectivity index (χ2n) is 7.55. The van der Waals surface area contributed by atoms with Crippen molar-refractivity contribution in [2.75, 3.05) is 19.6 Å². The zero-order chi connectivity index (χ0) is 18.1. The summed E-state index contributed by atoms with van der Waals surface area (Å²) in [5, 5.41) is 3.07. The van der Waals surface area contributed by atoms with E-state index in [1.807, 2.05) is 4.90 Å². The van der Waals surface area contributed by atoms with Crippen LogP contribution >= 0.6 is 0 Å². The molecule has 2 amide bonds. The quantitative estimate of drug-likeness (QED) is 0.842. The molecule has 4 rings (SSSR count). The van der Waals surface area contributed by atoms with Crippen LogP contribution in [0.2, 0.25) is 0 Å². The molecule has 1 saturated heterocycles. The fourth-order valence-corrected chi connectivity index (χ4v) is 3.66. The minimum atomic E-state index is -0.0929. The van der Waals surface area contributed by atoms with Crippen molar-refractivity contribution >= 4 is 23.0 Å². The molecule has 2 aromatic heterocycles. The first-order valence-electron chi connectivity index (χ1n) is 9.32. The van der Waals surface area contributed by atoms with E-state index in [2.05, 4.69) is 32.2 Å². The number of aromatic nitrogens is 4. The second-order valence-corrected chi connectivity index (χ2v) is 7.55. The number of fused-ring (bicyclic) bond motifs is 1. The molecule has 2 aliphatic rings. The average molecular weight is 356 g/mol. The molecule has 2 N–H and O–H groups in total. The van der Waals surface area contributed by atoms with Gasteiger partial charge in [-0.05, 0) is 37.0 Å². The van der Waals surface area contributed by atoms with Crippen molar-refractivity contribution in [2.45, 2.75) is 32.6 Å². The first-order chi connectivity index (χ1) is 12.6. The van der Waals surface area contributed by atoms with Crippen molar-refractivity contribution in [1.29, 1.82) is 0 Å². The largest absolute Gasteiger partial charge is 0.356 e. The van der Waals surface area contributed by atoms with Gasteiger partial charge in [0.15, 0.2) is 11.3 Å². The normalized spacial score (nSPS) is 23.2. The molecule has 2 fully saturated rings. The molecule has 2 atom stereocenters. The summed E-state index contributed by atoms with van der Waals surface area (Å²) in [6.45, 7) is 4.18. The number of carbonyl (C=O) groups excluding carboxylic acids is 2. The zero-order valence-electron chi connectivity index (χ0n) is 14.9. The van der Waals surface area contributed by atoms with Gasteiger partial charge in [-0.15, -0.1) is 0 Å². The molecule has 0 bridgehead atoms. The van der Waals surface area contributed by atoms with Crippen molar-refractivity contribution in [3.8, 4) is 0 Å². The number of likely N-dealkylation sites (tertiary alicyclic amines) is 1. The van der Waals surface area contributed by atoms with E-state index in [4.69, 9.17) is 0 Å². The highest BCUT2D eigenvalue weighted by Crippen LogP contribution is 2.32. The molecule has 3 heterocycles. The summed E-state index contributed by atoms with van der Waals surface area (Å²) in [6.07, 6.45) is 6.83. The number of imidazole rings is 1. The van der Waals surface area contributed by atoms with E-state index in [0.29, 0.717) is 60.7 Å². The molecular weight excluding hydrogens is 332 g/mol. The Labute approximate surface area is 151 Å². The van der Waals surface area contributed by atoms with E-state index in [1.54, 1.807) is 0 Å². The monoisotopic (exact) mass is 356 g/mol. The SMILES string of the molecule is CC1CN(C(=O)c2ncnc3nc[nH]c23)CCC1CNC(=O)CC1CC1. The summed E-state index contributed by atoms with van der Waals surface area (Å²) >= 11 is 0. The highest BCUT2D eigenvalue weighted by Gasteiger charge is 2.31. The van der Waals surface area contributed by atoms with Gasteiger partial charge in [-0.1, -0.05) is 6.92 Å². The Morgan fingerprint density at radius 3 is 2.88 bits per heavy atom. The summed E-state index contributed by atoms with van der Waals surface area (Å²) in [7, 11) is 0. The smallest absolute Gasteiger partial charge is 0.274 e. The van der Waals surface area contributed by atoms with Gasteiger partial charge in [-0.2, -0.15) is 0 Å². The van der Waals surface area contributed by atoms with E-state index in [-0.39, 0.29) is 11.8 Å². The van der Waals surface area contributed by atoms with Gasteiger partial charge in [0.1, 0.15) is 11.8 Å². The number of nitrogens with zero attached hydrogens (tertiary/aromatic N) is 4. The number of nitrogens with one attached hydrogen (secondary N) is 2. The Morgan fingerprint density at radius 1 is 1.27 bits per heavy atom. The minimum absolute atomic E-state index is 0.0929. The Balaban J connectivity index is 1.34. The summed E-state index contributed by atoms with van der Waals surface area (Å²) in [5.74, 6) is 1.41. The fourth-order valence-electron chi connectivity index (χ4n) is 3.66. The van der Waals surface area contributed by atoms with Crippen LogP contribution in [0.15, 0.2) is 12.7 Å². The Hall–Kier alpha value is -2.51. The molecule has 0 aromatic carbocycles. The lowest BCUT2D eigenvalue weighted by atomic mass is 9.86. The molecule has 138 valence electrons. The molecule has 0 spiro atoms. The van der Waals surface area contributed by atoms with Crippen LogP contribution in [0, 0.1) is 17.8 Å². The van der Waals surface area contributed by atoms with Gasteiger partial charge in [-0.25, -0.2) is 15.0 Å². The van der Waals surface area contributed by atoms with Gasteiger partial charge in [-0.3, -0.25) is 9.59 Å². The molecule has 1 aliphatic carbocycles. The zero-order valence-corrected chi connectivity index (χ0v) is 14.9. The van der Waals surface area contributed by atoms with Gasteiger partial charge in [0.2, 0.25) is 5.91 Å². The third-order valence-corrected chi connectivity index (χ3v) is 5.53. The van der Waals surface area contributed by atoms with Gasteiger partial charge in [0.05, 0.1) is 6.33 Å². The molecule has 1 aliphatic heterocycles. The molecule has 8 heteroatoms. The van der Waals surface area contributed by atoms with Crippen molar-refractivity contribution in [3.63, 3.8) is 0 Å². The summed E-state index contributed by atoms with van der Waals surface area (Å²) in [5.41, 5.74) is 1.46. The maximum absolute atomic E-state index is 12.9. The van der Waals surface area contributed by atoms with E-state index in [9.17, 15) is 9.59 Å². The van der Waals surface area contributed by atoms with Gasteiger partial charge >= 0.3 is 0 Å². The lowest BCUT2D eigenvalue weighted by molar-refractivity contribution is -0.121. The first kappa shape index (κ1) is 16.9. The number of carbonyl (C=O) groups is 2. The van der Waals surface area contributed by atoms with Crippen LogP contribution in [0.5, 0.6) is 0 Å². The van der Waals surface area contributed by atoms with Crippen molar-refractivity contribution in [2.24, 2.45) is 17.8 Å².